The molecule has 2 saturated heterocycles. The number of aliphatic hydroxyl groups is 1. The van der Waals surface area contributed by atoms with E-state index in [1.54, 1.807) is 4.68 Å². The number of fused-ring (bicyclic) bond motifs is 5. The summed E-state index contributed by atoms with van der Waals surface area (Å²) in [5.41, 5.74) is 5.69. The molecular formula is C27H29N3O3. The summed E-state index contributed by atoms with van der Waals surface area (Å²) in [4.78, 5) is 15.2. The predicted octanol–water partition coefficient (Wildman–Crippen LogP) is 4.49. The van der Waals surface area contributed by atoms with Crippen LogP contribution in [0, 0.1) is 6.92 Å². The molecule has 1 amide bonds. The number of aryl methyl sites for hydroxylation is 2. The molecule has 6 rings (SSSR count). The van der Waals surface area contributed by atoms with Gasteiger partial charge < -0.3 is 14.7 Å². The van der Waals surface area contributed by atoms with Crippen LogP contribution in [0.5, 0.6) is 0 Å². The van der Waals surface area contributed by atoms with Crippen molar-refractivity contribution in [1.29, 1.82) is 0 Å². The van der Waals surface area contributed by atoms with Gasteiger partial charge in [0.1, 0.15) is 6.61 Å². The molecule has 2 aromatic carbocycles. The van der Waals surface area contributed by atoms with Gasteiger partial charge in [-0.15, -0.1) is 0 Å². The molecule has 3 aliphatic rings. The molecule has 1 aliphatic carbocycles. The first kappa shape index (κ1) is 20.5. The highest BCUT2D eigenvalue weighted by Gasteiger charge is 2.51. The van der Waals surface area contributed by atoms with Gasteiger partial charge in [-0.3, -0.25) is 4.68 Å². The number of nitrogens with zero attached hydrogens (tertiary/aromatic N) is 3. The molecule has 0 saturated carbocycles. The number of benzene rings is 2. The monoisotopic (exact) mass is 443 g/mol. The van der Waals surface area contributed by atoms with Crippen molar-refractivity contribution >= 4 is 6.09 Å². The van der Waals surface area contributed by atoms with Crippen molar-refractivity contribution in [2.75, 3.05) is 6.61 Å². The Bertz CT molecular complexity index is 1170. The van der Waals surface area contributed by atoms with Crippen molar-refractivity contribution in [3.63, 3.8) is 0 Å². The van der Waals surface area contributed by atoms with Crippen molar-refractivity contribution in [2.45, 2.75) is 56.2 Å². The lowest BCUT2D eigenvalue weighted by Crippen LogP contribution is -2.52. The first-order chi connectivity index (χ1) is 15.9. The van der Waals surface area contributed by atoms with E-state index in [-0.39, 0.29) is 24.1 Å². The molecule has 6 nitrogen and oxygen atoms in total. The number of hydrogen-bond acceptors (Lipinski definition) is 4. The van der Waals surface area contributed by atoms with Gasteiger partial charge in [0.05, 0.1) is 11.3 Å². The van der Waals surface area contributed by atoms with Crippen molar-refractivity contribution < 1.29 is 14.6 Å². The number of carbonyl (C=O) groups excluding carboxylic acids is 1. The lowest BCUT2D eigenvalue weighted by molar-refractivity contribution is -0.0535. The summed E-state index contributed by atoms with van der Waals surface area (Å²) in [6.07, 6.45) is 4.51. The zero-order valence-electron chi connectivity index (χ0n) is 19.1. The molecule has 6 heteroatoms. The summed E-state index contributed by atoms with van der Waals surface area (Å²) in [6.45, 7) is 2.27. The molecule has 1 aromatic heterocycles. The molecule has 2 bridgehead atoms. The van der Waals surface area contributed by atoms with E-state index < -0.39 is 5.60 Å². The average Bonchev–Trinajstić information content (AvgIpc) is 3.42. The van der Waals surface area contributed by atoms with Gasteiger partial charge in [-0.1, -0.05) is 48.5 Å². The van der Waals surface area contributed by atoms with Crippen LogP contribution in [0.15, 0.2) is 54.7 Å². The van der Waals surface area contributed by atoms with Crippen LogP contribution in [0.4, 0.5) is 4.79 Å². The smallest absolute Gasteiger partial charge is 0.410 e. The van der Waals surface area contributed by atoms with E-state index in [0.717, 1.165) is 24.1 Å². The molecule has 3 aromatic rings. The Balaban J connectivity index is 1.19. The van der Waals surface area contributed by atoms with E-state index in [4.69, 9.17) is 4.74 Å². The van der Waals surface area contributed by atoms with Crippen LogP contribution >= 0.6 is 0 Å². The highest BCUT2D eigenvalue weighted by atomic mass is 16.6. The Labute approximate surface area is 193 Å². The fourth-order valence-electron chi connectivity index (χ4n) is 6.47. The summed E-state index contributed by atoms with van der Waals surface area (Å²) in [5, 5.41) is 15.9. The van der Waals surface area contributed by atoms with Crippen molar-refractivity contribution in [3.05, 3.63) is 77.1 Å². The second-order valence-corrected chi connectivity index (χ2v) is 9.84. The quantitative estimate of drug-likeness (QED) is 0.648. The first-order valence-electron chi connectivity index (χ1n) is 11.8. The summed E-state index contributed by atoms with van der Waals surface area (Å²) < 4.78 is 7.70. The number of amides is 1. The fraction of sp³-hybridized carbons (Fsp3) is 0.407. The third-order valence-corrected chi connectivity index (χ3v) is 7.83. The third-order valence-electron chi connectivity index (χ3n) is 7.83. The zero-order valence-corrected chi connectivity index (χ0v) is 19.1. The molecule has 2 atom stereocenters. The Hall–Kier alpha value is -3.12. The van der Waals surface area contributed by atoms with Gasteiger partial charge in [0.2, 0.25) is 0 Å². The maximum Gasteiger partial charge on any atom is 0.410 e. The number of rotatable bonds is 3. The van der Waals surface area contributed by atoms with Crippen LogP contribution < -0.4 is 0 Å². The standard InChI is InChI=1S/C27H29N3O3/c1-17-25(15-29(2)28-17)27(32)13-18-11-12-19(14-27)30(18)26(31)33-16-24-22-9-5-3-7-20(22)21-8-4-6-10-23(21)24/h3-10,15,18-19,24,32H,11-14,16H2,1-2H3. The molecule has 33 heavy (non-hydrogen) atoms. The summed E-state index contributed by atoms with van der Waals surface area (Å²) >= 11 is 0. The molecule has 0 spiro atoms. The number of hydrogen-bond donors (Lipinski definition) is 1. The Morgan fingerprint density at radius 1 is 1.06 bits per heavy atom. The number of piperidine rings is 1. The van der Waals surface area contributed by atoms with E-state index in [2.05, 4.69) is 41.5 Å². The van der Waals surface area contributed by atoms with Crippen LogP contribution in [0.1, 0.15) is 54.0 Å². The Morgan fingerprint density at radius 2 is 1.64 bits per heavy atom. The second kappa shape index (κ2) is 7.45. The lowest BCUT2D eigenvalue weighted by atomic mass is 9.81. The van der Waals surface area contributed by atoms with Gasteiger partial charge in [-0.25, -0.2) is 4.79 Å². The highest BCUT2D eigenvalue weighted by molar-refractivity contribution is 5.79. The molecule has 2 aliphatic heterocycles. The van der Waals surface area contributed by atoms with Crippen LogP contribution in [0.3, 0.4) is 0 Å². The number of carbonyl (C=O) groups is 1. The van der Waals surface area contributed by atoms with Crippen LogP contribution in [0.25, 0.3) is 11.1 Å². The summed E-state index contributed by atoms with van der Waals surface area (Å²) in [5.74, 6) is 0.0544. The molecule has 170 valence electrons. The molecule has 2 fully saturated rings. The Kier molecular flexibility index (Phi) is 4.63. The first-order valence-corrected chi connectivity index (χ1v) is 11.8. The third kappa shape index (κ3) is 3.19. The maximum absolute atomic E-state index is 13.3. The van der Waals surface area contributed by atoms with Gasteiger partial charge >= 0.3 is 6.09 Å². The predicted molar refractivity (Wildman–Crippen MR) is 125 cm³/mol. The van der Waals surface area contributed by atoms with E-state index in [1.165, 1.54) is 22.3 Å². The minimum Gasteiger partial charge on any atom is -0.448 e. The van der Waals surface area contributed by atoms with E-state index in [9.17, 15) is 9.90 Å². The fourth-order valence-corrected chi connectivity index (χ4v) is 6.47. The summed E-state index contributed by atoms with van der Waals surface area (Å²) in [6, 6.07) is 16.7. The molecule has 2 unspecified atom stereocenters. The number of aromatic nitrogens is 2. The second-order valence-electron chi connectivity index (χ2n) is 9.84. The largest absolute Gasteiger partial charge is 0.448 e. The van der Waals surface area contributed by atoms with Gasteiger partial charge in [0.15, 0.2) is 0 Å². The van der Waals surface area contributed by atoms with Gasteiger partial charge in [-0.2, -0.15) is 5.10 Å². The molecule has 0 radical (unpaired) electrons. The molecule has 1 N–H and O–H groups in total. The minimum absolute atomic E-state index is 0.0102. The van der Waals surface area contributed by atoms with E-state index in [1.807, 2.05) is 37.2 Å². The van der Waals surface area contributed by atoms with Crippen LogP contribution in [-0.4, -0.2) is 44.6 Å². The van der Waals surface area contributed by atoms with Crippen molar-refractivity contribution in [3.8, 4) is 11.1 Å². The van der Waals surface area contributed by atoms with Crippen LogP contribution in [-0.2, 0) is 17.4 Å². The molecule has 3 heterocycles. The number of ether oxygens (including phenoxy) is 1. The van der Waals surface area contributed by atoms with E-state index >= 15 is 0 Å². The van der Waals surface area contributed by atoms with Crippen molar-refractivity contribution in [2.24, 2.45) is 7.05 Å². The van der Waals surface area contributed by atoms with Gasteiger partial charge in [-0.05, 0) is 42.0 Å². The van der Waals surface area contributed by atoms with Crippen LogP contribution in [0.2, 0.25) is 0 Å². The normalized spacial score (nSPS) is 25.7. The highest BCUT2D eigenvalue weighted by Crippen LogP contribution is 2.47. The topological polar surface area (TPSA) is 67.6 Å². The Morgan fingerprint density at radius 3 is 2.18 bits per heavy atom. The SMILES string of the molecule is Cc1nn(C)cc1C1(O)CC2CCC(C1)N2C(=O)OCC1c2ccccc2-c2ccccc21. The average molecular weight is 444 g/mol. The zero-order chi connectivity index (χ0) is 22.7. The maximum atomic E-state index is 13.3. The minimum atomic E-state index is -0.940. The van der Waals surface area contributed by atoms with E-state index in [0.29, 0.717) is 19.4 Å². The lowest BCUT2D eigenvalue weighted by Gasteiger charge is -2.43. The van der Waals surface area contributed by atoms with Gasteiger partial charge in [0.25, 0.3) is 0 Å². The summed E-state index contributed by atoms with van der Waals surface area (Å²) in [7, 11) is 1.88. The van der Waals surface area contributed by atoms with Crippen molar-refractivity contribution in [1.82, 2.24) is 14.7 Å². The van der Waals surface area contributed by atoms with Gasteiger partial charge in [0, 0.05) is 49.7 Å². The molecular weight excluding hydrogens is 414 g/mol.